The first-order chi connectivity index (χ1) is 12.0. The molecule has 1 N–H and O–H groups in total. The fourth-order valence-corrected chi connectivity index (χ4v) is 4.70. The molecule has 0 saturated carbocycles. The van der Waals surface area contributed by atoms with Crippen molar-refractivity contribution in [3.8, 4) is 0 Å². The summed E-state index contributed by atoms with van der Waals surface area (Å²) in [6.07, 6.45) is 0. The highest BCUT2D eigenvalue weighted by atomic mass is 32.2. The van der Waals surface area contributed by atoms with Crippen LogP contribution in [0.2, 0.25) is 0 Å². The topological polar surface area (TPSA) is 54.4 Å². The predicted molar refractivity (Wildman–Crippen MR) is 103 cm³/mol. The molecule has 0 radical (unpaired) electrons. The third-order valence-electron chi connectivity index (χ3n) is 4.97. The van der Waals surface area contributed by atoms with Crippen molar-refractivity contribution in [2.24, 2.45) is 0 Å². The second-order valence-electron chi connectivity index (χ2n) is 6.43. The predicted octanol–water partition coefficient (Wildman–Crippen LogP) is 5.13. The second kappa shape index (κ2) is 4.91. The van der Waals surface area contributed by atoms with Gasteiger partial charge in [-0.25, -0.2) is 0 Å². The van der Waals surface area contributed by atoms with Gasteiger partial charge in [0.25, 0.3) is 10.1 Å². The van der Waals surface area contributed by atoms with Crippen molar-refractivity contribution in [2.75, 3.05) is 0 Å². The molecule has 0 aliphatic carbocycles. The molecule has 0 aromatic heterocycles. The minimum atomic E-state index is -4.14. The molecule has 0 atom stereocenters. The lowest BCUT2D eigenvalue weighted by Crippen LogP contribution is -2.03. The molecule has 3 nitrogen and oxygen atoms in total. The van der Waals surface area contributed by atoms with Crippen LogP contribution in [0.25, 0.3) is 43.1 Å². The van der Waals surface area contributed by atoms with Crippen LogP contribution in [0.4, 0.5) is 0 Å². The van der Waals surface area contributed by atoms with Crippen LogP contribution < -0.4 is 0 Å². The van der Waals surface area contributed by atoms with Crippen molar-refractivity contribution in [1.29, 1.82) is 0 Å². The Balaban J connectivity index is 2.13. The van der Waals surface area contributed by atoms with E-state index in [4.69, 9.17) is 0 Å². The largest absolute Gasteiger partial charge is 0.285 e. The lowest BCUT2D eigenvalue weighted by Gasteiger charge is -2.17. The Hall–Kier alpha value is -2.69. The molecule has 5 aromatic rings. The molecule has 0 saturated heterocycles. The maximum Gasteiger partial charge on any atom is 0.269 e. The molecule has 0 unspecified atom stereocenters. The van der Waals surface area contributed by atoms with Crippen LogP contribution in [0.1, 0.15) is 5.56 Å². The number of benzene rings is 5. The SMILES string of the molecule is O=S(=O)(O)Cc1c2ccccc2c2ccc3cccc4ccc1c2c43. The average molecular weight is 346 g/mol. The van der Waals surface area contributed by atoms with Gasteiger partial charge in [-0.3, -0.25) is 4.55 Å². The van der Waals surface area contributed by atoms with E-state index in [1.807, 2.05) is 42.5 Å². The van der Waals surface area contributed by atoms with Gasteiger partial charge in [0.15, 0.2) is 0 Å². The highest BCUT2D eigenvalue weighted by Gasteiger charge is 2.18. The van der Waals surface area contributed by atoms with Gasteiger partial charge in [0.05, 0.1) is 0 Å². The van der Waals surface area contributed by atoms with Crippen LogP contribution in [-0.4, -0.2) is 13.0 Å². The summed E-state index contributed by atoms with van der Waals surface area (Å²) in [5, 5.41) is 8.32. The molecule has 25 heavy (non-hydrogen) atoms. The van der Waals surface area contributed by atoms with E-state index in [0.717, 1.165) is 43.1 Å². The van der Waals surface area contributed by atoms with Gasteiger partial charge in [-0.15, -0.1) is 0 Å². The monoisotopic (exact) mass is 346 g/mol. The van der Waals surface area contributed by atoms with E-state index in [2.05, 4.69) is 24.3 Å². The summed E-state index contributed by atoms with van der Waals surface area (Å²) in [7, 11) is -4.14. The van der Waals surface area contributed by atoms with E-state index >= 15 is 0 Å². The molecular formula is C21H14O3S. The molecule has 0 bridgehead atoms. The summed E-state index contributed by atoms with van der Waals surface area (Å²) in [5.41, 5.74) is 0.656. The van der Waals surface area contributed by atoms with Crippen molar-refractivity contribution >= 4 is 53.2 Å². The smallest absolute Gasteiger partial charge is 0.269 e. The third kappa shape index (κ3) is 2.11. The quantitative estimate of drug-likeness (QED) is 0.274. The number of rotatable bonds is 2. The zero-order valence-corrected chi connectivity index (χ0v) is 14.0. The van der Waals surface area contributed by atoms with Crippen LogP contribution in [0, 0.1) is 0 Å². The van der Waals surface area contributed by atoms with Crippen LogP contribution in [0.15, 0.2) is 66.7 Å². The molecule has 122 valence electrons. The summed E-state index contributed by atoms with van der Waals surface area (Å²) in [4.78, 5) is 0. The van der Waals surface area contributed by atoms with E-state index in [0.29, 0.717) is 5.56 Å². The van der Waals surface area contributed by atoms with Gasteiger partial charge in [0.2, 0.25) is 0 Å². The molecule has 0 aliphatic heterocycles. The molecule has 4 heteroatoms. The maximum atomic E-state index is 11.7. The normalized spacial score (nSPS) is 12.7. The third-order valence-corrected chi connectivity index (χ3v) is 5.62. The molecule has 0 fully saturated rings. The Morgan fingerprint density at radius 3 is 1.96 bits per heavy atom. The fraction of sp³-hybridized carbons (Fsp3) is 0.0476. The van der Waals surface area contributed by atoms with Gasteiger partial charge < -0.3 is 0 Å². The first-order valence-corrected chi connectivity index (χ1v) is 9.66. The van der Waals surface area contributed by atoms with E-state index in [9.17, 15) is 13.0 Å². The molecule has 5 rings (SSSR count). The van der Waals surface area contributed by atoms with Crippen LogP contribution in [0.3, 0.4) is 0 Å². The summed E-state index contributed by atoms with van der Waals surface area (Å²) in [6, 6.07) is 22.1. The van der Waals surface area contributed by atoms with Gasteiger partial charge in [-0.2, -0.15) is 8.42 Å². The standard InChI is InChI=1S/C21H14O3S/c22-25(23,24)12-19-16-7-2-1-6-15(16)17-10-8-13-4-3-5-14-9-11-18(19)21(17)20(13)14/h1-11H,12H2,(H,22,23,24). The average Bonchev–Trinajstić information content (AvgIpc) is 2.60. The number of hydrogen-bond acceptors (Lipinski definition) is 2. The van der Waals surface area contributed by atoms with E-state index < -0.39 is 10.1 Å². The minimum Gasteiger partial charge on any atom is -0.285 e. The highest BCUT2D eigenvalue weighted by molar-refractivity contribution is 7.85. The van der Waals surface area contributed by atoms with E-state index in [1.54, 1.807) is 0 Å². The Labute approximate surface area is 144 Å². The van der Waals surface area contributed by atoms with Gasteiger partial charge >= 0.3 is 0 Å². The van der Waals surface area contributed by atoms with Gasteiger partial charge in [0.1, 0.15) is 5.75 Å². The Morgan fingerprint density at radius 2 is 1.28 bits per heavy atom. The Bertz CT molecular complexity index is 1370. The van der Waals surface area contributed by atoms with Crippen molar-refractivity contribution in [3.05, 3.63) is 72.3 Å². The first kappa shape index (κ1) is 14.6. The number of hydrogen-bond donors (Lipinski definition) is 1. The van der Waals surface area contributed by atoms with Crippen LogP contribution in [0.5, 0.6) is 0 Å². The molecular weight excluding hydrogens is 332 g/mol. The molecule has 0 aliphatic rings. The number of fused-ring (bicyclic) bond motifs is 2. The molecule has 0 heterocycles. The lowest BCUT2D eigenvalue weighted by molar-refractivity contribution is 0.482. The summed E-state index contributed by atoms with van der Waals surface area (Å²) in [6.45, 7) is 0. The van der Waals surface area contributed by atoms with E-state index in [-0.39, 0.29) is 5.75 Å². The Morgan fingerprint density at radius 1 is 0.640 bits per heavy atom. The van der Waals surface area contributed by atoms with Crippen LogP contribution in [-0.2, 0) is 15.9 Å². The second-order valence-corrected chi connectivity index (χ2v) is 7.88. The summed E-state index contributed by atoms with van der Waals surface area (Å²) >= 11 is 0. The molecule has 5 aromatic carbocycles. The summed E-state index contributed by atoms with van der Waals surface area (Å²) < 4.78 is 32.8. The Kier molecular flexibility index (Phi) is 2.87. The molecule has 0 spiro atoms. The zero-order chi connectivity index (χ0) is 17.2. The van der Waals surface area contributed by atoms with Gasteiger partial charge in [-0.05, 0) is 48.7 Å². The first-order valence-electron chi connectivity index (χ1n) is 8.05. The van der Waals surface area contributed by atoms with Crippen molar-refractivity contribution in [2.45, 2.75) is 5.75 Å². The van der Waals surface area contributed by atoms with Crippen molar-refractivity contribution < 1.29 is 13.0 Å². The summed E-state index contributed by atoms with van der Waals surface area (Å²) in [5.74, 6) is -0.387. The zero-order valence-electron chi connectivity index (χ0n) is 13.2. The molecule has 0 amide bonds. The van der Waals surface area contributed by atoms with Gasteiger partial charge in [0, 0.05) is 0 Å². The van der Waals surface area contributed by atoms with E-state index in [1.165, 1.54) is 0 Å². The van der Waals surface area contributed by atoms with Gasteiger partial charge in [-0.1, -0.05) is 66.7 Å². The van der Waals surface area contributed by atoms with Crippen LogP contribution >= 0.6 is 0 Å². The highest BCUT2D eigenvalue weighted by Crippen LogP contribution is 2.41. The van der Waals surface area contributed by atoms with Crippen molar-refractivity contribution in [1.82, 2.24) is 0 Å². The minimum absolute atomic E-state index is 0.387. The van der Waals surface area contributed by atoms with Crippen molar-refractivity contribution in [3.63, 3.8) is 0 Å². The maximum absolute atomic E-state index is 11.7. The lowest BCUT2D eigenvalue weighted by atomic mass is 9.88. The fourth-order valence-electron chi connectivity index (χ4n) is 4.02.